The van der Waals surface area contributed by atoms with Gasteiger partial charge in [-0.15, -0.1) is 11.3 Å². The van der Waals surface area contributed by atoms with Gasteiger partial charge in [-0.05, 0) is 23.8 Å². The molecule has 18 heavy (non-hydrogen) atoms. The van der Waals surface area contributed by atoms with Crippen molar-refractivity contribution >= 4 is 33.2 Å². The predicted octanol–water partition coefficient (Wildman–Crippen LogP) is 4.03. The molecular weight excluding hydrogens is 266 g/mol. The molecule has 1 atom stereocenters. The fraction of sp³-hybridized carbons (Fsp3) is 0.0714. The second-order valence-corrected chi connectivity index (χ2v) is 5.48. The van der Waals surface area contributed by atoms with Gasteiger partial charge in [0, 0.05) is 5.02 Å². The van der Waals surface area contributed by atoms with Crippen molar-refractivity contribution in [1.29, 1.82) is 0 Å². The van der Waals surface area contributed by atoms with Gasteiger partial charge in [0.1, 0.15) is 11.1 Å². The average molecular weight is 276 g/mol. The Labute approximate surface area is 113 Å². The molecule has 0 aliphatic heterocycles. The van der Waals surface area contributed by atoms with Crippen LogP contribution in [0.4, 0.5) is 0 Å². The maximum atomic E-state index is 10.3. The normalized spacial score (nSPS) is 12.8. The smallest absolute Gasteiger partial charge is 0.131 e. The number of hydrogen-bond acceptors (Lipinski definition) is 3. The van der Waals surface area contributed by atoms with Crippen molar-refractivity contribution in [3.63, 3.8) is 0 Å². The van der Waals surface area contributed by atoms with Gasteiger partial charge in [-0.25, -0.2) is 4.98 Å². The van der Waals surface area contributed by atoms with E-state index in [2.05, 4.69) is 4.98 Å². The zero-order valence-electron chi connectivity index (χ0n) is 9.38. The molecule has 0 spiro atoms. The standard InChI is InChI=1S/C14H10ClNOS/c15-10-6-7-12-11(8-10)16-14(18-12)13(17)9-4-2-1-3-5-9/h1-8,13,17H/t13-/m0/s1. The van der Waals surface area contributed by atoms with Crippen LogP contribution in [0.1, 0.15) is 16.7 Å². The molecule has 0 aliphatic rings. The highest BCUT2D eigenvalue weighted by atomic mass is 35.5. The molecule has 2 nitrogen and oxygen atoms in total. The summed E-state index contributed by atoms with van der Waals surface area (Å²) in [6, 6.07) is 15.1. The molecule has 0 fully saturated rings. The van der Waals surface area contributed by atoms with E-state index in [9.17, 15) is 5.11 Å². The van der Waals surface area contributed by atoms with Crippen LogP contribution in [-0.4, -0.2) is 10.1 Å². The minimum absolute atomic E-state index is 0.661. The first kappa shape index (κ1) is 11.7. The second kappa shape index (κ2) is 4.69. The van der Waals surface area contributed by atoms with Gasteiger partial charge in [0.25, 0.3) is 0 Å². The van der Waals surface area contributed by atoms with Crippen LogP contribution < -0.4 is 0 Å². The maximum Gasteiger partial charge on any atom is 0.131 e. The number of thiazole rings is 1. The zero-order valence-corrected chi connectivity index (χ0v) is 10.9. The van der Waals surface area contributed by atoms with Crippen molar-refractivity contribution in [2.45, 2.75) is 6.10 Å². The van der Waals surface area contributed by atoms with Gasteiger partial charge in [0.15, 0.2) is 0 Å². The summed E-state index contributed by atoms with van der Waals surface area (Å²) in [4.78, 5) is 4.43. The van der Waals surface area contributed by atoms with E-state index < -0.39 is 6.10 Å². The van der Waals surface area contributed by atoms with Crippen LogP contribution in [0.15, 0.2) is 48.5 Å². The first-order valence-corrected chi connectivity index (χ1v) is 6.72. The number of hydrogen-bond donors (Lipinski definition) is 1. The van der Waals surface area contributed by atoms with Crippen molar-refractivity contribution in [3.8, 4) is 0 Å². The lowest BCUT2D eigenvalue weighted by molar-refractivity contribution is 0.220. The van der Waals surface area contributed by atoms with Crippen LogP contribution in [0.3, 0.4) is 0 Å². The molecular formula is C14H10ClNOS. The third-order valence-electron chi connectivity index (χ3n) is 2.72. The van der Waals surface area contributed by atoms with E-state index in [1.807, 2.05) is 48.5 Å². The summed E-state index contributed by atoms with van der Waals surface area (Å²) in [6.07, 6.45) is -0.678. The summed E-state index contributed by atoms with van der Waals surface area (Å²) in [7, 11) is 0. The van der Waals surface area contributed by atoms with Gasteiger partial charge in [0.05, 0.1) is 10.2 Å². The molecule has 0 saturated carbocycles. The molecule has 2 aromatic carbocycles. The average Bonchev–Trinajstić information content (AvgIpc) is 2.81. The summed E-state index contributed by atoms with van der Waals surface area (Å²) >= 11 is 7.42. The topological polar surface area (TPSA) is 33.1 Å². The molecule has 3 rings (SSSR count). The van der Waals surface area contributed by atoms with Crippen molar-refractivity contribution < 1.29 is 5.11 Å². The van der Waals surface area contributed by atoms with Gasteiger partial charge < -0.3 is 5.11 Å². The minimum atomic E-state index is -0.678. The van der Waals surface area contributed by atoms with Crippen LogP contribution in [0.2, 0.25) is 5.02 Å². The molecule has 0 aliphatic carbocycles. The van der Waals surface area contributed by atoms with E-state index in [1.165, 1.54) is 11.3 Å². The van der Waals surface area contributed by atoms with E-state index in [-0.39, 0.29) is 0 Å². The van der Waals surface area contributed by atoms with Gasteiger partial charge in [-0.1, -0.05) is 41.9 Å². The van der Waals surface area contributed by atoms with Crippen molar-refractivity contribution in [2.24, 2.45) is 0 Å². The molecule has 3 aromatic rings. The Morgan fingerprint density at radius 2 is 1.89 bits per heavy atom. The Balaban J connectivity index is 2.04. The summed E-state index contributed by atoms with van der Waals surface area (Å²) in [6.45, 7) is 0. The fourth-order valence-electron chi connectivity index (χ4n) is 1.81. The SMILES string of the molecule is O[C@@H](c1ccccc1)c1nc2cc(Cl)ccc2s1. The quantitative estimate of drug-likeness (QED) is 0.766. The second-order valence-electron chi connectivity index (χ2n) is 3.98. The van der Waals surface area contributed by atoms with Gasteiger partial charge in [-0.2, -0.15) is 0 Å². The summed E-state index contributed by atoms with van der Waals surface area (Å²) in [5.41, 5.74) is 1.68. The number of nitrogens with zero attached hydrogens (tertiary/aromatic N) is 1. The first-order chi connectivity index (χ1) is 8.74. The molecule has 90 valence electrons. The third kappa shape index (κ3) is 2.12. The highest BCUT2D eigenvalue weighted by molar-refractivity contribution is 7.18. The Morgan fingerprint density at radius 1 is 1.11 bits per heavy atom. The van der Waals surface area contributed by atoms with Crippen LogP contribution in [0, 0.1) is 0 Å². The Hall–Kier alpha value is -1.42. The van der Waals surface area contributed by atoms with E-state index >= 15 is 0 Å². The van der Waals surface area contributed by atoms with E-state index in [0.29, 0.717) is 10.0 Å². The molecule has 1 heterocycles. The molecule has 0 saturated heterocycles. The Bertz CT molecular complexity index is 681. The van der Waals surface area contributed by atoms with E-state index in [4.69, 9.17) is 11.6 Å². The lowest BCUT2D eigenvalue weighted by Gasteiger charge is -2.06. The number of aromatic nitrogens is 1. The maximum absolute atomic E-state index is 10.3. The molecule has 1 aromatic heterocycles. The lowest BCUT2D eigenvalue weighted by Crippen LogP contribution is -1.97. The highest BCUT2D eigenvalue weighted by Gasteiger charge is 2.15. The number of benzene rings is 2. The minimum Gasteiger partial charge on any atom is -0.381 e. The molecule has 0 bridgehead atoms. The number of rotatable bonds is 2. The number of halogens is 1. The van der Waals surface area contributed by atoms with Crippen LogP contribution in [0.25, 0.3) is 10.2 Å². The van der Waals surface area contributed by atoms with Crippen LogP contribution in [-0.2, 0) is 0 Å². The van der Waals surface area contributed by atoms with Crippen LogP contribution >= 0.6 is 22.9 Å². The number of aliphatic hydroxyl groups excluding tert-OH is 1. The number of aliphatic hydroxyl groups is 1. The predicted molar refractivity (Wildman–Crippen MR) is 75.1 cm³/mol. The molecule has 0 amide bonds. The summed E-state index contributed by atoms with van der Waals surface area (Å²) < 4.78 is 1.03. The van der Waals surface area contributed by atoms with E-state index in [1.54, 1.807) is 0 Å². The van der Waals surface area contributed by atoms with E-state index in [0.717, 1.165) is 15.8 Å². The third-order valence-corrected chi connectivity index (χ3v) is 4.04. The van der Waals surface area contributed by atoms with Gasteiger partial charge in [0.2, 0.25) is 0 Å². The van der Waals surface area contributed by atoms with Crippen molar-refractivity contribution in [2.75, 3.05) is 0 Å². The molecule has 4 heteroatoms. The summed E-state index contributed by atoms with van der Waals surface area (Å²) in [5.74, 6) is 0. The molecule has 1 N–H and O–H groups in total. The van der Waals surface area contributed by atoms with Gasteiger partial charge in [-0.3, -0.25) is 0 Å². The largest absolute Gasteiger partial charge is 0.381 e. The molecule has 0 unspecified atom stereocenters. The molecule has 0 radical (unpaired) electrons. The fourth-order valence-corrected chi connectivity index (χ4v) is 2.94. The van der Waals surface area contributed by atoms with Crippen molar-refractivity contribution in [1.82, 2.24) is 4.98 Å². The zero-order chi connectivity index (χ0) is 12.5. The van der Waals surface area contributed by atoms with Gasteiger partial charge >= 0.3 is 0 Å². The first-order valence-electron chi connectivity index (χ1n) is 5.53. The summed E-state index contributed by atoms with van der Waals surface area (Å²) in [5, 5.41) is 11.6. The van der Waals surface area contributed by atoms with Crippen LogP contribution in [0.5, 0.6) is 0 Å². The van der Waals surface area contributed by atoms with Crippen molar-refractivity contribution in [3.05, 3.63) is 64.1 Å². The Morgan fingerprint density at radius 3 is 2.67 bits per heavy atom. The number of fused-ring (bicyclic) bond motifs is 1. The Kier molecular flexibility index (Phi) is 3.04. The lowest BCUT2D eigenvalue weighted by atomic mass is 10.1. The monoisotopic (exact) mass is 275 g/mol. The highest BCUT2D eigenvalue weighted by Crippen LogP contribution is 2.31.